The van der Waals surface area contributed by atoms with Crippen molar-refractivity contribution >= 4 is 28.7 Å². The Morgan fingerprint density at radius 1 is 1.30 bits per heavy atom. The van der Waals surface area contributed by atoms with Crippen molar-refractivity contribution in [3.63, 3.8) is 0 Å². The number of nitrogens with zero attached hydrogens (tertiary/aromatic N) is 3. The number of pyridine rings is 1. The van der Waals surface area contributed by atoms with Gasteiger partial charge >= 0.3 is 6.18 Å². The van der Waals surface area contributed by atoms with E-state index in [4.69, 9.17) is 0 Å². The van der Waals surface area contributed by atoms with Crippen molar-refractivity contribution in [2.45, 2.75) is 43.5 Å². The molecule has 1 aromatic carbocycles. The van der Waals surface area contributed by atoms with Crippen LogP contribution in [-0.4, -0.2) is 32.5 Å². The fourth-order valence-electron chi connectivity index (χ4n) is 3.22. The number of fused-ring (bicyclic) bond motifs is 1. The number of thioether (sulfide) groups is 1. The molecule has 0 saturated carbocycles. The highest BCUT2D eigenvalue weighted by molar-refractivity contribution is 8.00. The normalized spacial score (nSPS) is 12.0. The molecule has 0 aliphatic rings. The molecule has 0 fully saturated rings. The fraction of sp³-hybridized carbons (Fsp3) is 0.381. The molecule has 0 unspecified atom stereocenters. The zero-order chi connectivity index (χ0) is 22.1. The summed E-state index contributed by atoms with van der Waals surface area (Å²) in [6.45, 7) is 6.18. The quantitative estimate of drug-likeness (QED) is 0.566. The van der Waals surface area contributed by atoms with E-state index in [0.29, 0.717) is 23.2 Å². The van der Waals surface area contributed by atoms with Crippen molar-refractivity contribution in [1.29, 1.82) is 0 Å². The summed E-state index contributed by atoms with van der Waals surface area (Å²) in [5.74, 6) is -0.303. The van der Waals surface area contributed by atoms with Gasteiger partial charge in [0.1, 0.15) is 0 Å². The summed E-state index contributed by atoms with van der Waals surface area (Å²) in [5, 5.41) is 8.31. The van der Waals surface area contributed by atoms with Gasteiger partial charge in [-0.2, -0.15) is 18.3 Å². The number of alkyl halides is 3. The van der Waals surface area contributed by atoms with E-state index in [0.717, 1.165) is 28.1 Å². The van der Waals surface area contributed by atoms with Gasteiger partial charge in [0.15, 0.2) is 5.65 Å². The molecule has 0 bridgehead atoms. The number of hydrogen-bond donors (Lipinski definition) is 1. The number of amides is 1. The van der Waals surface area contributed by atoms with Gasteiger partial charge in [0.2, 0.25) is 0 Å². The molecule has 5 nitrogen and oxygen atoms in total. The highest BCUT2D eigenvalue weighted by Gasteiger charge is 2.30. The third kappa shape index (κ3) is 4.77. The van der Waals surface area contributed by atoms with Crippen LogP contribution in [0.2, 0.25) is 0 Å². The molecule has 0 aliphatic carbocycles. The number of hydrogen-bond acceptors (Lipinski definition) is 4. The molecule has 2 aromatic heterocycles. The van der Waals surface area contributed by atoms with Crippen LogP contribution in [0.25, 0.3) is 11.0 Å². The Morgan fingerprint density at radius 2 is 2.03 bits per heavy atom. The second-order valence-corrected chi connectivity index (χ2v) is 8.87. The van der Waals surface area contributed by atoms with Crippen LogP contribution in [0.15, 0.2) is 35.4 Å². The number of aromatic nitrogens is 3. The van der Waals surface area contributed by atoms with Crippen LogP contribution in [0.4, 0.5) is 13.2 Å². The van der Waals surface area contributed by atoms with Crippen LogP contribution in [-0.2, 0) is 19.6 Å². The van der Waals surface area contributed by atoms with Gasteiger partial charge in [-0.15, -0.1) is 11.8 Å². The second-order valence-electron chi connectivity index (χ2n) is 7.28. The standard InChI is InChI=1S/C21H23F3N4OS/c1-12(2)30-18-16(11-26-19-17(18)13(3)27-28(19)4)20(29)25-9-8-14-6-5-7-15(10-14)21(22,23)24/h5-7,10-12H,8-9H2,1-4H3,(H,25,29). The Kier molecular flexibility index (Phi) is 6.40. The maximum Gasteiger partial charge on any atom is 0.416 e. The van der Waals surface area contributed by atoms with Crippen molar-refractivity contribution in [2.75, 3.05) is 6.54 Å². The number of nitrogens with one attached hydrogen (secondary N) is 1. The van der Waals surface area contributed by atoms with Gasteiger partial charge in [0, 0.05) is 29.9 Å². The van der Waals surface area contributed by atoms with Crippen molar-refractivity contribution < 1.29 is 18.0 Å². The summed E-state index contributed by atoms with van der Waals surface area (Å²) in [6.07, 6.45) is -2.55. The van der Waals surface area contributed by atoms with Crippen LogP contribution in [0.5, 0.6) is 0 Å². The van der Waals surface area contributed by atoms with Gasteiger partial charge in [-0.1, -0.05) is 32.0 Å². The number of carbonyl (C=O) groups is 1. The summed E-state index contributed by atoms with van der Waals surface area (Å²) < 4.78 is 40.3. The summed E-state index contributed by atoms with van der Waals surface area (Å²) in [7, 11) is 1.81. The molecule has 2 heterocycles. The Hall–Kier alpha value is -2.55. The van der Waals surface area contributed by atoms with E-state index < -0.39 is 11.7 Å². The molecule has 9 heteroatoms. The molecule has 30 heavy (non-hydrogen) atoms. The third-order valence-electron chi connectivity index (χ3n) is 4.53. The average Bonchev–Trinajstić information content (AvgIpc) is 2.95. The molecule has 0 atom stereocenters. The number of halogens is 3. The molecule has 0 aliphatic heterocycles. The van der Waals surface area contributed by atoms with Crippen LogP contribution >= 0.6 is 11.8 Å². The fourth-order valence-corrected chi connectivity index (χ4v) is 4.32. The van der Waals surface area contributed by atoms with Crippen LogP contribution in [0, 0.1) is 6.92 Å². The van der Waals surface area contributed by atoms with Crippen LogP contribution < -0.4 is 5.32 Å². The first-order valence-electron chi connectivity index (χ1n) is 9.51. The number of benzene rings is 1. The smallest absolute Gasteiger partial charge is 0.352 e. The Morgan fingerprint density at radius 3 is 2.70 bits per heavy atom. The van der Waals surface area contributed by atoms with Crippen molar-refractivity contribution in [3.8, 4) is 0 Å². The van der Waals surface area contributed by atoms with E-state index in [1.54, 1.807) is 29.6 Å². The first-order chi connectivity index (χ1) is 14.1. The minimum atomic E-state index is -4.38. The van der Waals surface area contributed by atoms with E-state index in [-0.39, 0.29) is 17.7 Å². The van der Waals surface area contributed by atoms with E-state index in [1.807, 2.05) is 20.8 Å². The Labute approximate surface area is 177 Å². The minimum absolute atomic E-state index is 0.218. The van der Waals surface area contributed by atoms with Crippen LogP contribution in [0.1, 0.15) is 41.0 Å². The third-order valence-corrected chi connectivity index (χ3v) is 5.66. The Bertz CT molecular complexity index is 1080. The molecule has 1 N–H and O–H groups in total. The number of carbonyl (C=O) groups excluding carboxylic acids is 1. The van der Waals surface area contributed by atoms with Crippen molar-refractivity contribution in [2.24, 2.45) is 7.05 Å². The van der Waals surface area contributed by atoms with Gasteiger partial charge in [0.05, 0.1) is 22.2 Å². The predicted molar refractivity (Wildman–Crippen MR) is 112 cm³/mol. The highest BCUT2D eigenvalue weighted by atomic mass is 32.2. The lowest BCUT2D eigenvalue weighted by atomic mass is 10.1. The molecule has 0 saturated heterocycles. The summed E-state index contributed by atoms with van der Waals surface area (Å²) in [4.78, 5) is 18.1. The van der Waals surface area contributed by atoms with Crippen molar-refractivity contribution in [1.82, 2.24) is 20.1 Å². The van der Waals surface area contributed by atoms with E-state index >= 15 is 0 Å². The predicted octanol–water partition coefficient (Wildman–Crippen LogP) is 4.77. The molecule has 0 spiro atoms. The molecule has 160 valence electrons. The SMILES string of the molecule is Cc1nn(C)c2ncc(C(=O)NCCc3cccc(C(F)(F)F)c3)c(SC(C)C)c12. The number of aryl methyl sites for hydroxylation is 2. The van der Waals surface area contributed by atoms with Gasteiger partial charge in [-0.25, -0.2) is 4.98 Å². The average molecular weight is 437 g/mol. The van der Waals surface area contributed by atoms with Gasteiger partial charge < -0.3 is 5.32 Å². The zero-order valence-electron chi connectivity index (χ0n) is 17.2. The maximum atomic E-state index is 12.9. The van der Waals surface area contributed by atoms with Crippen molar-refractivity contribution in [3.05, 3.63) is 52.8 Å². The molecule has 0 radical (unpaired) electrons. The molecule has 3 aromatic rings. The molecule has 3 rings (SSSR count). The summed E-state index contributed by atoms with van der Waals surface area (Å²) in [6, 6.07) is 5.14. The van der Waals surface area contributed by atoms with E-state index in [1.165, 1.54) is 12.3 Å². The lowest BCUT2D eigenvalue weighted by molar-refractivity contribution is -0.137. The summed E-state index contributed by atoms with van der Waals surface area (Å²) >= 11 is 1.57. The lowest BCUT2D eigenvalue weighted by Crippen LogP contribution is -2.26. The molecular weight excluding hydrogens is 413 g/mol. The first kappa shape index (κ1) is 22.1. The monoisotopic (exact) mass is 436 g/mol. The minimum Gasteiger partial charge on any atom is -0.352 e. The topological polar surface area (TPSA) is 59.8 Å². The highest BCUT2D eigenvalue weighted by Crippen LogP contribution is 2.34. The molecule has 1 amide bonds. The maximum absolute atomic E-state index is 12.9. The van der Waals surface area contributed by atoms with Crippen LogP contribution in [0.3, 0.4) is 0 Å². The van der Waals surface area contributed by atoms with Gasteiger partial charge in [0.25, 0.3) is 5.91 Å². The first-order valence-corrected chi connectivity index (χ1v) is 10.4. The second kappa shape index (κ2) is 8.67. The lowest BCUT2D eigenvalue weighted by Gasteiger charge is -2.13. The summed E-state index contributed by atoms with van der Waals surface area (Å²) in [5.41, 5.74) is 1.77. The molecular formula is C21H23F3N4OS. The van der Waals surface area contributed by atoms with E-state index in [2.05, 4.69) is 15.4 Å². The van der Waals surface area contributed by atoms with Gasteiger partial charge in [-0.05, 0) is 25.0 Å². The largest absolute Gasteiger partial charge is 0.416 e. The Balaban J connectivity index is 1.79. The van der Waals surface area contributed by atoms with Gasteiger partial charge in [-0.3, -0.25) is 9.48 Å². The van der Waals surface area contributed by atoms with E-state index in [9.17, 15) is 18.0 Å². The zero-order valence-corrected chi connectivity index (χ0v) is 18.0. The number of rotatable bonds is 6.